The number of carbonyl (C=O) groups excluding carboxylic acids is 2. The Balaban J connectivity index is 2.20. The number of rotatable bonds is 9. The SMILES string of the molecule is CC[C@H](C)NC(=O)[C@H](C)N(Cc1ccc(Cl)c(Cl)c1)C(=O)COc1cc(C)cc(C)c1. The van der Waals surface area contributed by atoms with Gasteiger partial charge in [0.1, 0.15) is 11.8 Å². The molecule has 0 unspecified atom stereocenters. The minimum absolute atomic E-state index is 0.0170. The molecule has 0 fully saturated rings. The molecule has 2 aromatic rings. The zero-order valence-corrected chi connectivity index (χ0v) is 20.2. The van der Waals surface area contributed by atoms with Crippen LogP contribution < -0.4 is 10.1 Å². The van der Waals surface area contributed by atoms with Crippen molar-refractivity contribution >= 4 is 35.0 Å². The molecule has 0 aliphatic heterocycles. The number of benzene rings is 2. The van der Waals surface area contributed by atoms with Crippen LogP contribution in [0.2, 0.25) is 10.0 Å². The van der Waals surface area contributed by atoms with Gasteiger partial charge in [-0.3, -0.25) is 9.59 Å². The largest absolute Gasteiger partial charge is 0.484 e. The van der Waals surface area contributed by atoms with Gasteiger partial charge in [-0.05, 0) is 75.1 Å². The van der Waals surface area contributed by atoms with Crippen LogP contribution in [0.3, 0.4) is 0 Å². The fourth-order valence-corrected chi connectivity index (χ4v) is 3.45. The van der Waals surface area contributed by atoms with Crippen LogP contribution in [0.5, 0.6) is 5.75 Å². The van der Waals surface area contributed by atoms with E-state index in [1.165, 1.54) is 4.90 Å². The predicted octanol–water partition coefficient (Wildman–Crippen LogP) is 5.32. The molecule has 0 radical (unpaired) electrons. The summed E-state index contributed by atoms with van der Waals surface area (Å²) in [5, 5.41) is 3.77. The van der Waals surface area contributed by atoms with Crippen molar-refractivity contribution in [2.75, 3.05) is 6.61 Å². The van der Waals surface area contributed by atoms with Gasteiger partial charge in [-0.2, -0.15) is 0 Å². The van der Waals surface area contributed by atoms with Crippen LogP contribution >= 0.6 is 23.2 Å². The summed E-state index contributed by atoms with van der Waals surface area (Å²) in [4.78, 5) is 27.3. The van der Waals surface area contributed by atoms with E-state index in [-0.39, 0.29) is 31.0 Å². The smallest absolute Gasteiger partial charge is 0.261 e. The summed E-state index contributed by atoms with van der Waals surface area (Å²) in [6, 6.07) is 10.3. The van der Waals surface area contributed by atoms with Crippen molar-refractivity contribution in [2.24, 2.45) is 0 Å². The van der Waals surface area contributed by atoms with E-state index in [1.807, 2.05) is 45.9 Å². The summed E-state index contributed by atoms with van der Waals surface area (Å²) in [5.74, 6) is 0.114. The van der Waals surface area contributed by atoms with E-state index in [0.29, 0.717) is 15.8 Å². The lowest BCUT2D eigenvalue weighted by Crippen LogP contribution is -2.50. The van der Waals surface area contributed by atoms with Crippen molar-refractivity contribution < 1.29 is 14.3 Å². The number of amides is 2. The van der Waals surface area contributed by atoms with Crippen LogP contribution in [0, 0.1) is 13.8 Å². The number of ether oxygens (including phenoxy) is 1. The van der Waals surface area contributed by atoms with Crippen molar-refractivity contribution in [3.8, 4) is 5.75 Å². The number of nitrogens with one attached hydrogen (secondary N) is 1. The fraction of sp³-hybridized carbons (Fsp3) is 0.417. The Morgan fingerprint density at radius 3 is 2.26 bits per heavy atom. The van der Waals surface area contributed by atoms with E-state index in [1.54, 1.807) is 25.1 Å². The number of hydrogen-bond acceptors (Lipinski definition) is 3. The molecule has 2 aromatic carbocycles. The van der Waals surface area contributed by atoms with E-state index >= 15 is 0 Å². The molecule has 0 saturated carbocycles. The van der Waals surface area contributed by atoms with Crippen LogP contribution in [0.4, 0.5) is 0 Å². The molecule has 0 heterocycles. The lowest BCUT2D eigenvalue weighted by Gasteiger charge is -2.29. The molecule has 2 rings (SSSR count). The molecule has 0 aliphatic carbocycles. The average Bonchev–Trinajstić information content (AvgIpc) is 2.71. The first-order valence-electron chi connectivity index (χ1n) is 10.4. The Kier molecular flexibility index (Phi) is 9.20. The van der Waals surface area contributed by atoms with E-state index in [2.05, 4.69) is 5.32 Å². The Bertz CT molecular complexity index is 913. The summed E-state index contributed by atoms with van der Waals surface area (Å²) in [6.45, 7) is 9.61. The minimum Gasteiger partial charge on any atom is -0.484 e. The molecule has 0 bridgehead atoms. The van der Waals surface area contributed by atoms with Gasteiger partial charge < -0.3 is 15.0 Å². The number of aryl methyl sites for hydroxylation is 2. The molecular formula is C24H30Cl2N2O3. The zero-order chi connectivity index (χ0) is 23.1. The zero-order valence-electron chi connectivity index (χ0n) is 18.7. The third-order valence-electron chi connectivity index (χ3n) is 5.06. The number of halogens is 2. The third-order valence-corrected chi connectivity index (χ3v) is 5.80. The molecule has 0 saturated heterocycles. The maximum atomic E-state index is 13.1. The first kappa shape index (κ1) is 25.0. The maximum Gasteiger partial charge on any atom is 0.261 e. The standard InChI is InChI=1S/C24H30Cl2N2O3/c1-6-17(4)27-24(30)18(5)28(13-19-7-8-21(25)22(26)12-19)23(29)14-31-20-10-15(2)9-16(3)11-20/h7-12,17-18H,6,13-14H2,1-5H3,(H,27,30)/t17-,18-/m0/s1. The van der Waals surface area contributed by atoms with Crippen molar-refractivity contribution in [1.82, 2.24) is 10.2 Å². The molecule has 31 heavy (non-hydrogen) atoms. The van der Waals surface area contributed by atoms with Gasteiger partial charge in [-0.1, -0.05) is 42.3 Å². The van der Waals surface area contributed by atoms with E-state index in [9.17, 15) is 9.59 Å². The van der Waals surface area contributed by atoms with Gasteiger partial charge >= 0.3 is 0 Å². The molecule has 0 aromatic heterocycles. The first-order valence-corrected chi connectivity index (χ1v) is 11.1. The van der Waals surface area contributed by atoms with E-state index in [4.69, 9.17) is 27.9 Å². The fourth-order valence-electron chi connectivity index (χ4n) is 3.13. The quantitative estimate of drug-likeness (QED) is 0.545. The van der Waals surface area contributed by atoms with Gasteiger partial charge in [0.25, 0.3) is 5.91 Å². The van der Waals surface area contributed by atoms with Crippen molar-refractivity contribution in [3.05, 3.63) is 63.1 Å². The van der Waals surface area contributed by atoms with E-state index < -0.39 is 6.04 Å². The second-order valence-electron chi connectivity index (χ2n) is 7.88. The van der Waals surface area contributed by atoms with Crippen molar-refractivity contribution in [2.45, 2.75) is 59.7 Å². The molecule has 2 atom stereocenters. The first-order chi connectivity index (χ1) is 14.6. The monoisotopic (exact) mass is 464 g/mol. The highest BCUT2D eigenvalue weighted by molar-refractivity contribution is 6.42. The van der Waals surface area contributed by atoms with Gasteiger partial charge in [-0.15, -0.1) is 0 Å². The maximum absolute atomic E-state index is 13.1. The molecule has 0 aliphatic rings. The minimum atomic E-state index is -0.682. The summed E-state index contributed by atoms with van der Waals surface area (Å²) >= 11 is 12.2. The summed E-state index contributed by atoms with van der Waals surface area (Å²) < 4.78 is 5.75. The van der Waals surface area contributed by atoms with Crippen LogP contribution in [0.25, 0.3) is 0 Å². The lowest BCUT2D eigenvalue weighted by molar-refractivity contribution is -0.142. The van der Waals surface area contributed by atoms with E-state index in [0.717, 1.165) is 23.1 Å². The topological polar surface area (TPSA) is 58.6 Å². The Morgan fingerprint density at radius 2 is 1.68 bits per heavy atom. The number of carbonyl (C=O) groups is 2. The van der Waals surface area contributed by atoms with Gasteiger partial charge in [0.15, 0.2) is 6.61 Å². The molecule has 168 valence electrons. The third kappa shape index (κ3) is 7.44. The number of nitrogens with zero attached hydrogens (tertiary/aromatic N) is 1. The Labute approximate surface area is 194 Å². The lowest BCUT2D eigenvalue weighted by atomic mass is 10.1. The van der Waals surface area contributed by atoms with Crippen molar-refractivity contribution in [3.63, 3.8) is 0 Å². The average molecular weight is 465 g/mol. The van der Waals surface area contributed by atoms with Gasteiger partial charge in [0, 0.05) is 12.6 Å². The highest BCUT2D eigenvalue weighted by atomic mass is 35.5. The van der Waals surface area contributed by atoms with Crippen LogP contribution in [-0.2, 0) is 16.1 Å². The van der Waals surface area contributed by atoms with Crippen molar-refractivity contribution in [1.29, 1.82) is 0 Å². The highest BCUT2D eigenvalue weighted by Crippen LogP contribution is 2.24. The highest BCUT2D eigenvalue weighted by Gasteiger charge is 2.27. The Morgan fingerprint density at radius 1 is 1.03 bits per heavy atom. The second-order valence-corrected chi connectivity index (χ2v) is 8.69. The molecule has 0 spiro atoms. The normalized spacial score (nSPS) is 12.7. The molecule has 5 nitrogen and oxygen atoms in total. The molecular weight excluding hydrogens is 435 g/mol. The second kappa shape index (κ2) is 11.4. The van der Waals surface area contributed by atoms with Gasteiger partial charge in [-0.25, -0.2) is 0 Å². The van der Waals surface area contributed by atoms with Crippen LogP contribution in [0.15, 0.2) is 36.4 Å². The summed E-state index contributed by atoms with van der Waals surface area (Å²) in [5.41, 5.74) is 2.88. The molecule has 2 amide bonds. The number of hydrogen-bond donors (Lipinski definition) is 1. The predicted molar refractivity (Wildman–Crippen MR) is 126 cm³/mol. The van der Waals surface area contributed by atoms with Crippen LogP contribution in [-0.4, -0.2) is 35.4 Å². The van der Waals surface area contributed by atoms with Gasteiger partial charge in [0.05, 0.1) is 10.0 Å². The molecule has 7 heteroatoms. The Hall–Kier alpha value is -2.24. The van der Waals surface area contributed by atoms with Gasteiger partial charge in [0.2, 0.25) is 5.91 Å². The molecule has 1 N–H and O–H groups in total. The summed E-state index contributed by atoms with van der Waals surface area (Å²) in [7, 11) is 0. The summed E-state index contributed by atoms with van der Waals surface area (Å²) in [6.07, 6.45) is 0.801. The van der Waals surface area contributed by atoms with Crippen LogP contribution in [0.1, 0.15) is 43.9 Å².